The van der Waals surface area contributed by atoms with Crippen molar-refractivity contribution >= 4 is 11.6 Å². The SMILES string of the molecule is COc1cccc(Cl)c1CNC1CC2CCC1O2. The van der Waals surface area contributed by atoms with Crippen LogP contribution in [0.4, 0.5) is 0 Å². The number of rotatable bonds is 4. The number of halogens is 1. The zero-order valence-corrected chi connectivity index (χ0v) is 11.2. The molecule has 18 heavy (non-hydrogen) atoms. The number of methoxy groups -OCH3 is 1. The van der Waals surface area contributed by atoms with Crippen LogP contribution in [0.25, 0.3) is 0 Å². The van der Waals surface area contributed by atoms with Crippen molar-refractivity contribution in [3.8, 4) is 5.75 Å². The summed E-state index contributed by atoms with van der Waals surface area (Å²) in [5.74, 6) is 0.846. The summed E-state index contributed by atoms with van der Waals surface area (Å²) in [6.07, 6.45) is 4.39. The van der Waals surface area contributed by atoms with E-state index in [1.54, 1.807) is 7.11 Å². The fourth-order valence-corrected chi connectivity index (χ4v) is 3.22. The van der Waals surface area contributed by atoms with Gasteiger partial charge in [0.2, 0.25) is 0 Å². The van der Waals surface area contributed by atoms with Crippen LogP contribution in [0, 0.1) is 0 Å². The first-order valence-corrected chi connectivity index (χ1v) is 6.86. The standard InChI is InChI=1S/C14H18ClNO2/c1-17-13-4-2-3-11(15)10(13)8-16-12-7-9-5-6-14(12)18-9/h2-4,9,12,14,16H,5-8H2,1H3. The molecule has 3 nitrogen and oxygen atoms in total. The molecule has 2 heterocycles. The summed E-state index contributed by atoms with van der Waals surface area (Å²) in [6, 6.07) is 6.22. The van der Waals surface area contributed by atoms with Gasteiger partial charge in [-0.25, -0.2) is 0 Å². The molecule has 98 valence electrons. The summed E-state index contributed by atoms with van der Waals surface area (Å²) in [5, 5.41) is 4.31. The lowest BCUT2D eigenvalue weighted by Crippen LogP contribution is -2.37. The van der Waals surface area contributed by atoms with Crippen LogP contribution in [0.3, 0.4) is 0 Å². The van der Waals surface area contributed by atoms with Crippen LogP contribution in [-0.4, -0.2) is 25.4 Å². The number of nitrogens with one attached hydrogen (secondary N) is 1. The van der Waals surface area contributed by atoms with E-state index in [-0.39, 0.29) is 0 Å². The van der Waals surface area contributed by atoms with Crippen molar-refractivity contribution in [3.63, 3.8) is 0 Å². The first-order valence-electron chi connectivity index (χ1n) is 6.48. The van der Waals surface area contributed by atoms with E-state index in [9.17, 15) is 0 Å². The Morgan fingerprint density at radius 1 is 1.44 bits per heavy atom. The van der Waals surface area contributed by atoms with Crippen LogP contribution < -0.4 is 10.1 Å². The van der Waals surface area contributed by atoms with Crippen LogP contribution in [0.1, 0.15) is 24.8 Å². The molecule has 0 aromatic heterocycles. The maximum absolute atomic E-state index is 6.22. The van der Waals surface area contributed by atoms with Gasteiger partial charge in [-0.2, -0.15) is 0 Å². The van der Waals surface area contributed by atoms with Crippen molar-refractivity contribution in [1.82, 2.24) is 5.32 Å². The zero-order valence-electron chi connectivity index (χ0n) is 10.5. The molecule has 1 aromatic carbocycles. The minimum Gasteiger partial charge on any atom is -0.496 e. The van der Waals surface area contributed by atoms with E-state index in [0.717, 1.165) is 29.3 Å². The lowest BCUT2D eigenvalue weighted by molar-refractivity contribution is 0.0972. The van der Waals surface area contributed by atoms with Gasteiger partial charge in [0, 0.05) is 23.2 Å². The minimum atomic E-state index is 0.392. The maximum Gasteiger partial charge on any atom is 0.124 e. The molecule has 3 rings (SSSR count). The van der Waals surface area contributed by atoms with Crippen molar-refractivity contribution in [2.45, 2.75) is 44.1 Å². The van der Waals surface area contributed by atoms with Crippen molar-refractivity contribution < 1.29 is 9.47 Å². The summed E-state index contributed by atoms with van der Waals surface area (Å²) in [5.41, 5.74) is 1.03. The largest absolute Gasteiger partial charge is 0.496 e. The van der Waals surface area contributed by atoms with Crippen molar-refractivity contribution in [3.05, 3.63) is 28.8 Å². The Hall–Kier alpha value is -0.770. The van der Waals surface area contributed by atoms with E-state index in [1.807, 2.05) is 18.2 Å². The molecule has 3 unspecified atom stereocenters. The molecule has 1 N–H and O–H groups in total. The molecule has 4 heteroatoms. The Labute approximate surface area is 112 Å². The Morgan fingerprint density at radius 2 is 2.33 bits per heavy atom. The summed E-state index contributed by atoms with van der Waals surface area (Å²) >= 11 is 6.22. The molecule has 0 amide bonds. The molecule has 0 saturated carbocycles. The Kier molecular flexibility index (Phi) is 3.46. The Balaban J connectivity index is 1.66. The van der Waals surface area contributed by atoms with Crippen molar-refractivity contribution in [1.29, 1.82) is 0 Å². The second-order valence-corrected chi connectivity index (χ2v) is 5.42. The third-order valence-electron chi connectivity index (χ3n) is 3.94. The number of ether oxygens (including phenoxy) is 2. The highest BCUT2D eigenvalue weighted by Crippen LogP contribution is 2.35. The molecule has 2 saturated heterocycles. The molecule has 3 atom stereocenters. The van der Waals surface area contributed by atoms with Crippen LogP contribution >= 0.6 is 11.6 Å². The number of hydrogen-bond acceptors (Lipinski definition) is 3. The van der Waals surface area contributed by atoms with Gasteiger partial charge in [0.1, 0.15) is 5.75 Å². The number of fused-ring (bicyclic) bond motifs is 2. The molecule has 2 bridgehead atoms. The molecule has 2 fully saturated rings. The van der Waals surface area contributed by atoms with Gasteiger partial charge in [-0.3, -0.25) is 0 Å². The quantitative estimate of drug-likeness (QED) is 0.910. The molecule has 0 radical (unpaired) electrons. The molecule has 0 spiro atoms. The van der Waals surface area contributed by atoms with Gasteiger partial charge in [0.25, 0.3) is 0 Å². The monoisotopic (exact) mass is 267 g/mol. The van der Waals surface area contributed by atoms with Gasteiger partial charge in [-0.1, -0.05) is 17.7 Å². The van der Waals surface area contributed by atoms with E-state index in [0.29, 0.717) is 18.2 Å². The van der Waals surface area contributed by atoms with Crippen LogP contribution in [0.5, 0.6) is 5.75 Å². The summed E-state index contributed by atoms with van der Waals surface area (Å²) in [6.45, 7) is 0.736. The first-order chi connectivity index (χ1) is 8.78. The molecular formula is C14H18ClNO2. The third-order valence-corrected chi connectivity index (χ3v) is 4.30. The van der Waals surface area contributed by atoms with E-state index in [4.69, 9.17) is 21.1 Å². The van der Waals surface area contributed by atoms with Gasteiger partial charge in [-0.05, 0) is 31.4 Å². The average Bonchev–Trinajstić information content (AvgIpc) is 2.99. The third kappa shape index (κ3) is 2.22. The fourth-order valence-electron chi connectivity index (χ4n) is 2.99. The fraction of sp³-hybridized carbons (Fsp3) is 0.571. The second-order valence-electron chi connectivity index (χ2n) is 5.02. The van der Waals surface area contributed by atoms with Gasteiger partial charge >= 0.3 is 0 Å². The summed E-state index contributed by atoms with van der Waals surface area (Å²) < 4.78 is 11.2. The van der Waals surface area contributed by atoms with Crippen LogP contribution in [0.15, 0.2) is 18.2 Å². The normalized spacial score (nSPS) is 29.8. The van der Waals surface area contributed by atoms with Crippen LogP contribution in [0.2, 0.25) is 5.02 Å². The van der Waals surface area contributed by atoms with Crippen molar-refractivity contribution in [2.24, 2.45) is 0 Å². The molecule has 0 aliphatic carbocycles. The topological polar surface area (TPSA) is 30.5 Å². The minimum absolute atomic E-state index is 0.392. The summed E-state index contributed by atoms with van der Waals surface area (Å²) in [4.78, 5) is 0. The predicted molar refractivity (Wildman–Crippen MR) is 71.1 cm³/mol. The van der Waals surface area contributed by atoms with Gasteiger partial charge < -0.3 is 14.8 Å². The van der Waals surface area contributed by atoms with Gasteiger partial charge in [0.15, 0.2) is 0 Å². The zero-order chi connectivity index (χ0) is 12.5. The highest BCUT2D eigenvalue weighted by Gasteiger charge is 2.40. The molecule has 1 aromatic rings. The Morgan fingerprint density at radius 3 is 3.00 bits per heavy atom. The average molecular weight is 268 g/mol. The van der Waals surface area contributed by atoms with E-state index >= 15 is 0 Å². The second kappa shape index (κ2) is 5.08. The Bertz CT molecular complexity index is 438. The highest BCUT2D eigenvalue weighted by molar-refractivity contribution is 6.31. The maximum atomic E-state index is 6.22. The highest BCUT2D eigenvalue weighted by atomic mass is 35.5. The lowest BCUT2D eigenvalue weighted by atomic mass is 9.95. The van der Waals surface area contributed by atoms with Gasteiger partial charge in [0.05, 0.1) is 19.3 Å². The lowest BCUT2D eigenvalue weighted by Gasteiger charge is -2.21. The van der Waals surface area contributed by atoms with E-state index in [2.05, 4.69) is 5.32 Å². The smallest absolute Gasteiger partial charge is 0.124 e. The number of hydrogen-bond donors (Lipinski definition) is 1. The van der Waals surface area contributed by atoms with E-state index < -0.39 is 0 Å². The van der Waals surface area contributed by atoms with Crippen LogP contribution in [-0.2, 0) is 11.3 Å². The number of benzene rings is 1. The van der Waals surface area contributed by atoms with Gasteiger partial charge in [-0.15, -0.1) is 0 Å². The predicted octanol–water partition coefficient (Wildman–Crippen LogP) is 2.76. The summed E-state index contributed by atoms with van der Waals surface area (Å²) in [7, 11) is 1.68. The first kappa shape index (κ1) is 12.3. The molecular weight excluding hydrogens is 250 g/mol. The molecule has 2 aliphatic heterocycles. The van der Waals surface area contributed by atoms with Crippen molar-refractivity contribution in [2.75, 3.05) is 7.11 Å². The van der Waals surface area contributed by atoms with E-state index in [1.165, 1.54) is 12.8 Å². The molecule has 2 aliphatic rings.